The molecule has 1 amide bonds. The summed E-state index contributed by atoms with van der Waals surface area (Å²) < 4.78 is 5.58. The Morgan fingerprint density at radius 2 is 2.20 bits per heavy atom. The fraction of sp³-hybridized carbons (Fsp3) is 0.267. The monoisotopic (exact) mass is 269 g/mol. The van der Waals surface area contributed by atoms with Crippen molar-refractivity contribution < 1.29 is 9.53 Å². The van der Waals surface area contributed by atoms with Gasteiger partial charge in [-0.2, -0.15) is 0 Å². The molecule has 0 unspecified atom stereocenters. The molecule has 0 fully saturated rings. The van der Waals surface area contributed by atoms with Gasteiger partial charge in [0, 0.05) is 18.3 Å². The van der Waals surface area contributed by atoms with E-state index in [1.807, 2.05) is 31.2 Å². The number of carbonyl (C=O) groups excluding carboxylic acids is 1. The highest BCUT2D eigenvalue weighted by Crippen LogP contribution is 2.20. The molecular formula is C15H15N3O2. The van der Waals surface area contributed by atoms with E-state index in [0.29, 0.717) is 13.1 Å². The Morgan fingerprint density at radius 3 is 3.00 bits per heavy atom. The van der Waals surface area contributed by atoms with Gasteiger partial charge in [-0.1, -0.05) is 18.2 Å². The number of fused-ring (bicyclic) bond motifs is 1. The number of aromatic nitrogens is 2. The van der Waals surface area contributed by atoms with E-state index in [9.17, 15) is 4.79 Å². The van der Waals surface area contributed by atoms with Crippen LogP contribution in [0.15, 0.2) is 36.8 Å². The van der Waals surface area contributed by atoms with E-state index in [-0.39, 0.29) is 12.5 Å². The van der Waals surface area contributed by atoms with Crippen molar-refractivity contribution in [1.82, 2.24) is 14.9 Å². The first-order valence-electron chi connectivity index (χ1n) is 6.48. The molecule has 0 spiro atoms. The summed E-state index contributed by atoms with van der Waals surface area (Å²) in [5.74, 6) is 0.712. The van der Waals surface area contributed by atoms with Gasteiger partial charge in [0.1, 0.15) is 12.1 Å². The zero-order valence-corrected chi connectivity index (χ0v) is 11.2. The molecule has 1 aromatic heterocycles. The molecule has 0 saturated heterocycles. The van der Waals surface area contributed by atoms with Crippen molar-refractivity contribution in [3.8, 4) is 5.75 Å². The first-order valence-corrected chi connectivity index (χ1v) is 6.48. The van der Waals surface area contributed by atoms with Gasteiger partial charge in [0.15, 0.2) is 6.61 Å². The molecule has 1 aliphatic rings. The molecule has 102 valence electrons. The molecular weight excluding hydrogens is 254 g/mol. The largest absolute Gasteiger partial charge is 0.484 e. The van der Waals surface area contributed by atoms with Gasteiger partial charge in [0.05, 0.1) is 12.2 Å². The molecule has 1 aromatic carbocycles. The van der Waals surface area contributed by atoms with E-state index < -0.39 is 0 Å². The van der Waals surface area contributed by atoms with Crippen molar-refractivity contribution >= 4 is 5.91 Å². The van der Waals surface area contributed by atoms with Crippen LogP contribution in [0.1, 0.15) is 16.8 Å². The summed E-state index contributed by atoms with van der Waals surface area (Å²) in [7, 11) is 0. The first-order chi connectivity index (χ1) is 9.74. The number of amides is 1. The lowest BCUT2D eigenvalue weighted by molar-refractivity contribution is -0.134. The summed E-state index contributed by atoms with van der Waals surface area (Å²) >= 11 is 0. The van der Waals surface area contributed by atoms with Crippen LogP contribution >= 0.6 is 0 Å². The quantitative estimate of drug-likeness (QED) is 0.851. The lowest BCUT2D eigenvalue weighted by Gasteiger charge is -2.16. The molecule has 0 N–H and O–H groups in total. The van der Waals surface area contributed by atoms with E-state index in [1.54, 1.807) is 11.1 Å². The van der Waals surface area contributed by atoms with Crippen LogP contribution in [-0.2, 0) is 17.9 Å². The summed E-state index contributed by atoms with van der Waals surface area (Å²) in [6, 6.07) is 7.67. The van der Waals surface area contributed by atoms with Crippen molar-refractivity contribution in [2.75, 3.05) is 6.61 Å². The van der Waals surface area contributed by atoms with Crippen LogP contribution in [0.2, 0.25) is 0 Å². The Morgan fingerprint density at radius 1 is 1.35 bits per heavy atom. The van der Waals surface area contributed by atoms with Gasteiger partial charge in [-0.3, -0.25) is 4.79 Å². The molecule has 0 atom stereocenters. The van der Waals surface area contributed by atoms with Gasteiger partial charge >= 0.3 is 0 Å². The van der Waals surface area contributed by atoms with Crippen molar-refractivity contribution in [3.05, 3.63) is 53.6 Å². The molecule has 0 saturated carbocycles. The van der Waals surface area contributed by atoms with Crippen molar-refractivity contribution in [1.29, 1.82) is 0 Å². The summed E-state index contributed by atoms with van der Waals surface area (Å²) in [6.45, 7) is 3.10. The second-order valence-electron chi connectivity index (χ2n) is 4.80. The molecule has 3 rings (SSSR count). The zero-order chi connectivity index (χ0) is 13.9. The number of nitrogens with zero attached hydrogens (tertiary/aromatic N) is 3. The summed E-state index contributed by atoms with van der Waals surface area (Å²) in [6.07, 6.45) is 3.27. The molecule has 5 heteroatoms. The number of benzene rings is 1. The molecule has 2 aromatic rings. The van der Waals surface area contributed by atoms with Crippen molar-refractivity contribution in [3.63, 3.8) is 0 Å². The van der Waals surface area contributed by atoms with Gasteiger partial charge in [0.25, 0.3) is 5.91 Å². The third-order valence-corrected chi connectivity index (χ3v) is 3.38. The lowest BCUT2D eigenvalue weighted by atomic mass is 10.2. The topological polar surface area (TPSA) is 55.3 Å². The van der Waals surface area contributed by atoms with Crippen LogP contribution < -0.4 is 4.74 Å². The second-order valence-corrected chi connectivity index (χ2v) is 4.80. The minimum absolute atomic E-state index is 0.0359. The van der Waals surface area contributed by atoms with Crippen LogP contribution in [0, 0.1) is 6.92 Å². The van der Waals surface area contributed by atoms with Gasteiger partial charge < -0.3 is 9.64 Å². The average Bonchev–Trinajstić information content (AvgIpc) is 2.90. The molecule has 0 radical (unpaired) electrons. The number of ether oxygens (including phenoxy) is 1. The number of carbonyl (C=O) groups is 1. The number of hydrogen-bond acceptors (Lipinski definition) is 4. The molecule has 0 aliphatic carbocycles. The van der Waals surface area contributed by atoms with Crippen LogP contribution in [0.25, 0.3) is 0 Å². The SMILES string of the molecule is Cc1ccccc1OCC(=O)N1Cc2cncnc2C1. The highest BCUT2D eigenvalue weighted by Gasteiger charge is 2.24. The number of aryl methyl sites for hydroxylation is 1. The van der Waals surface area contributed by atoms with Crippen LogP contribution in [-0.4, -0.2) is 27.4 Å². The maximum Gasteiger partial charge on any atom is 0.261 e. The van der Waals surface area contributed by atoms with E-state index in [2.05, 4.69) is 9.97 Å². The summed E-state index contributed by atoms with van der Waals surface area (Å²) in [4.78, 5) is 22.0. The zero-order valence-electron chi connectivity index (χ0n) is 11.2. The highest BCUT2D eigenvalue weighted by molar-refractivity contribution is 5.78. The summed E-state index contributed by atoms with van der Waals surface area (Å²) in [5, 5.41) is 0. The highest BCUT2D eigenvalue weighted by atomic mass is 16.5. The van der Waals surface area contributed by atoms with Crippen LogP contribution in [0.3, 0.4) is 0 Å². The van der Waals surface area contributed by atoms with E-state index in [4.69, 9.17) is 4.74 Å². The van der Waals surface area contributed by atoms with Gasteiger partial charge in [-0.25, -0.2) is 9.97 Å². The van der Waals surface area contributed by atoms with Crippen LogP contribution in [0.5, 0.6) is 5.75 Å². The third kappa shape index (κ3) is 2.47. The predicted octanol–water partition coefficient (Wildman–Crippen LogP) is 1.71. The Kier molecular flexibility index (Phi) is 3.33. The minimum atomic E-state index is -0.0359. The Balaban J connectivity index is 1.61. The Bertz CT molecular complexity index is 618. The number of rotatable bonds is 3. The molecule has 1 aliphatic heterocycles. The number of para-hydroxylation sites is 1. The molecule has 0 bridgehead atoms. The van der Waals surface area contributed by atoms with Gasteiger partial charge in [-0.15, -0.1) is 0 Å². The fourth-order valence-electron chi connectivity index (χ4n) is 2.23. The van der Waals surface area contributed by atoms with E-state index in [1.165, 1.54) is 6.33 Å². The van der Waals surface area contributed by atoms with Crippen molar-refractivity contribution in [2.45, 2.75) is 20.0 Å². The maximum absolute atomic E-state index is 12.2. The van der Waals surface area contributed by atoms with Crippen LogP contribution in [0.4, 0.5) is 0 Å². The maximum atomic E-state index is 12.2. The smallest absolute Gasteiger partial charge is 0.261 e. The second kappa shape index (κ2) is 5.28. The lowest BCUT2D eigenvalue weighted by Crippen LogP contribution is -2.30. The minimum Gasteiger partial charge on any atom is -0.484 e. The summed E-state index contributed by atoms with van der Waals surface area (Å²) in [5.41, 5.74) is 2.96. The standard InChI is InChI=1S/C15H15N3O2/c1-11-4-2-3-5-14(11)20-9-15(19)18-7-12-6-16-10-17-13(12)8-18/h2-6,10H,7-9H2,1H3. The van der Waals surface area contributed by atoms with Crippen molar-refractivity contribution in [2.24, 2.45) is 0 Å². The molecule has 20 heavy (non-hydrogen) atoms. The van der Waals surface area contributed by atoms with Gasteiger partial charge in [-0.05, 0) is 18.6 Å². The third-order valence-electron chi connectivity index (χ3n) is 3.38. The molecule has 5 nitrogen and oxygen atoms in total. The van der Waals surface area contributed by atoms with Gasteiger partial charge in [0.2, 0.25) is 0 Å². The molecule has 2 heterocycles. The Labute approximate surface area is 117 Å². The van der Waals surface area contributed by atoms with E-state index >= 15 is 0 Å². The number of hydrogen-bond donors (Lipinski definition) is 0. The average molecular weight is 269 g/mol. The Hall–Kier alpha value is -2.43. The predicted molar refractivity (Wildman–Crippen MR) is 73.0 cm³/mol. The normalized spacial score (nSPS) is 13.2. The van der Waals surface area contributed by atoms with E-state index in [0.717, 1.165) is 22.6 Å². The first kappa shape index (κ1) is 12.6. The fourth-order valence-corrected chi connectivity index (χ4v) is 2.23.